The van der Waals surface area contributed by atoms with Crippen molar-refractivity contribution >= 4 is 40.4 Å². The zero-order valence-corrected chi connectivity index (χ0v) is 18.0. The number of methoxy groups -OCH3 is 1. The van der Waals surface area contributed by atoms with Crippen LogP contribution in [0.3, 0.4) is 0 Å². The molecule has 1 fully saturated rings. The average molecular weight is 538 g/mol. The SMILES string of the molecule is COc1ccc2c(c1F)C(=O)N(C[C@@]1(C#Cc3cc(F)cnc3I)NC(=O)NC1=O)C2. The summed E-state index contributed by atoms with van der Waals surface area (Å²) in [4.78, 5) is 42.4. The Hall–Kier alpha value is -3.27. The monoisotopic (exact) mass is 538 g/mol. The van der Waals surface area contributed by atoms with Gasteiger partial charge in [-0.3, -0.25) is 14.9 Å². The molecule has 1 aromatic heterocycles. The molecule has 2 N–H and O–H groups in total. The summed E-state index contributed by atoms with van der Waals surface area (Å²) < 4.78 is 33.4. The van der Waals surface area contributed by atoms with E-state index in [2.05, 4.69) is 27.5 Å². The minimum Gasteiger partial charge on any atom is -0.494 e. The van der Waals surface area contributed by atoms with E-state index in [4.69, 9.17) is 4.74 Å². The zero-order valence-electron chi connectivity index (χ0n) is 15.9. The molecule has 0 unspecified atom stereocenters. The van der Waals surface area contributed by atoms with Crippen molar-refractivity contribution in [1.29, 1.82) is 0 Å². The van der Waals surface area contributed by atoms with Gasteiger partial charge in [-0.05, 0) is 40.3 Å². The van der Waals surface area contributed by atoms with E-state index in [1.807, 2.05) is 22.6 Å². The summed E-state index contributed by atoms with van der Waals surface area (Å²) in [5, 5.41) is 4.53. The molecule has 1 saturated heterocycles. The predicted molar refractivity (Wildman–Crippen MR) is 111 cm³/mol. The molecule has 158 valence electrons. The number of rotatable bonds is 3. The van der Waals surface area contributed by atoms with Gasteiger partial charge in [0.1, 0.15) is 9.52 Å². The van der Waals surface area contributed by atoms with Gasteiger partial charge in [0.05, 0.1) is 31.0 Å². The smallest absolute Gasteiger partial charge is 0.323 e. The van der Waals surface area contributed by atoms with Crippen molar-refractivity contribution in [3.63, 3.8) is 0 Å². The van der Waals surface area contributed by atoms with Crippen LogP contribution in [0.15, 0.2) is 24.4 Å². The highest BCUT2D eigenvalue weighted by molar-refractivity contribution is 14.1. The van der Waals surface area contributed by atoms with Crippen molar-refractivity contribution in [2.24, 2.45) is 0 Å². The van der Waals surface area contributed by atoms with Gasteiger partial charge in [-0.15, -0.1) is 0 Å². The molecule has 1 aromatic carbocycles. The van der Waals surface area contributed by atoms with Crippen molar-refractivity contribution in [3.05, 3.63) is 56.4 Å². The van der Waals surface area contributed by atoms with Crippen LogP contribution in [-0.4, -0.2) is 46.9 Å². The number of aromatic nitrogens is 1. The average Bonchev–Trinajstić information content (AvgIpc) is 3.19. The summed E-state index contributed by atoms with van der Waals surface area (Å²) in [7, 11) is 1.29. The van der Waals surface area contributed by atoms with E-state index in [1.165, 1.54) is 18.1 Å². The maximum Gasteiger partial charge on any atom is 0.323 e. The number of carbonyl (C=O) groups excluding carboxylic acids is 3. The van der Waals surface area contributed by atoms with E-state index in [9.17, 15) is 23.2 Å². The number of carbonyl (C=O) groups is 3. The van der Waals surface area contributed by atoms with E-state index >= 15 is 0 Å². The molecule has 2 aliphatic rings. The van der Waals surface area contributed by atoms with E-state index in [0.29, 0.717) is 9.26 Å². The van der Waals surface area contributed by atoms with Gasteiger partial charge in [0.25, 0.3) is 11.8 Å². The first-order valence-corrected chi connectivity index (χ1v) is 9.94. The molecule has 31 heavy (non-hydrogen) atoms. The van der Waals surface area contributed by atoms with Crippen LogP contribution in [0.4, 0.5) is 13.6 Å². The second-order valence-corrected chi connectivity index (χ2v) is 7.85. The molecule has 1 atom stereocenters. The Labute approximate surface area is 188 Å². The third kappa shape index (κ3) is 3.67. The first kappa shape index (κ1) is 21.0. The minimum atomic E-state index is -1.80. The fraction of sp³-hybridized carbons (Fsp3) is 0.200. The van der Waals surface area contributed by atoms with E-state index < -0.39 is 35.0 Å². The molecule has 0 radical (unpaired) electrons. The van der Waals surface area contributed by atoms with Gasteiger partial charge in [-0.2, -0.15) is 0 Å². The molecule has 4 rings (SSSR count). The van der Waals surface area contributed by atoms with Crippen molar-refractivity contribution < 1.29 is 27.9 Å². The molecule has 0 spiro atoms. The number of urea groups is 1. The molecule has 2 aromatic rings. The number of halogens is 3. The standard InChI is InChI=1S/C20H13F2IN4O4/c1-31-13-3-2-11-8-27(17(28)14(11)15(13)22)9-20(18(29)25-19(30)26-20)5-4-10-6-12(21)7-24-16(10)23/h2-3,6-7H,8-9H2,1H3,(H2,25,26,29,30)/t20-/m1/s1. The Morgan fingerprint density at radius 2 is 2.10 bits per heavy atom. The van der Waals surface area contributed by atoms with Crippen LogP contribution in [0.2, 0.25) is 0 Å². The lowest BCUT2D eigenvalue weighted by Crippen LogP contribution is -2.54. The van der Waals surface area contributed by atoms with Gasteiger partial charge in [-0.1, -0.05) is 17.9 Å². The van der Waals surface area contributed by atoms with Gasteiger partial charge in [-0.25, -0.2) is 18.6 Å². The molecule has 4 amide bonds. The van der Waals surface area contributed by atoms with Crippen molar-refractivity contribution in [2.75, 3.05) is 13.7 Å². The number of amides is 4. The van der Waals surface area contributed by atoms with Crippen molar-refractivity contribution in [3.8, 4) is 17.6 Å². The fourth-order valence-corrected chi connectivity index (χ4v) is 3.81. The predicted octanol–water partition coefficient (Wildman–Crippen LogP) is 1.56. The fourth-order valence-electron chi connectivity index (χ4n) is 3.38. The van der Waals surface area contributed by atoms with E-state index in [-0.39, 0.29) is 30.0 Å². The molecular weight excluding hydrogens is 525 g/mol. The molecular formula is C20H13F2IN4O4. The number of imide groups is 1. The highest BCUT2D eigenvalue weighted by Crippen LogP contribution is 2.32. The molecule has 0 bridgehead atoms. The summed E-state index contributed by atoms with van der Waals surface area (Å²) in [6, 6.07) is 3.32. The number of benzene rings is 1. The van der Waals surface area contributed by atoms with Crippen molar-refractivity contribution in [1.82, 2.24) is 20.5 Å². The van der Waals surface area contributed by atoms with Crippen LogP contribution in [0.25, 0.3) is 0 Å². The maximum atomic E-state index is 14.6. The Morgan fingerprint density at radius 1 is 1.32 bits per heavy atom. The van der Waals surface area contributed by atoms with Gasteiger partial charge >= 0.3 is 6.03 Å². The van der Waals surface area contributed by atoms with Crippen LogP contribution >= 0.6 is 22.6 Å². The molecule has 11 heteroatoms. The summed E-state index contributed by atoms with van der Waals surface area (Å²) in [6.07, 6.45) is 1.02. The van der Waals surface area contributed by atoms with Crippen LogP contribution < -0.4 is 15.4 Å². The number of fused-ring (bicyclic) bond motifs is 1. The maximum absolute atomic E-state index is 14.6. The molecule has 0 saturated carbocycles. The Bertz CT molecular complexity index is 1210. The Balaban J connectivity index is 1.70. The third-order valence-corrected chi connectivity index (χ3v) is 5.72. The van der Waals surface area contributed by atoms with E-state index in [1.54, 1.807) is 6.07 Å². The van der Waals surface area contributed by atoms with Gasteiger partial charge in [0, 0.05) is 6.54 Å². The Morgan fingerprint density at radius 3 is 2.77 bits per heavy atom. The summed E-state index contributed by atoms with van der Waals surface area (Å²) in [5.74, 6) is 2.38. The second kappa shape index (κ2) is 7.77. The number of nitrogens with zero attached hydrogens (tertiary/aromatic N) is 2. The lowest BCUT2D eigenvalue weighted by molar-refractivity contribution is -0.122. The number of hydrogen-bond acceptors (Lipinski definition) is 5. The zero-order chi connectivity index (χ0) is 22.3. The largest absolute Gasteiger partial charge is 0.494 e. The highest BCUT2D eigenvalue weighted by atomic mass is 127. The lowest BCUT2D eigenvalue weighted by atomic mass is 9.99. The first-order valence-electron chi connectivity index (χ1n) is 8.86. The normalized spacial score (nSPS) is 19.5. The van der Waals surface area contributed by atoms with Gasteiger partial charge in [0.15, 0.2) is 11.6 Å². The topological polar surface area (TPSA) is 101 Å². The van der Waals surface area contributed by atoms with Crippen LogP contribution in [0, 0.1) is 27.2 Å². The van der Waals surface area contributed by atoms with Gasteiger partial charge < -0.3 is 15.0 Å². The van der Waals surface area contributed by atoms with Crippen LogP contribution in [0.1, 0.15) is 21.5 Å². The second-order valence-electron chi connectivity index (χ2n) is 6.83. The molecule has 8 nitrogen and oxygen atoms in total. The summed E-state index contributed by atoms with van der Waals surface area (Å²) in [5.41, 5.74) is -1.33. The van der Waals surface area contributed by atoms with Crippen LogP contribution in [-0.2, 0) is 11.3 Å². The number of hydrogen-bond donors (Lipinski definition) is 2. The van der Waals surface area contributed by atoms with Gasteiger partial charge in [0.2, 0.25) is 5.54 Å². The third-order valence-electron chi connectivity index (χ3n) is 4.86. The van der Waals surface area contributed by atoms with E-state index in [0.717, 1.165) is 12.3 Å². The summed E-state index contributed by atoms with van der Waals surface area (Å²) >= 11 is 1.86. The molecule has 0 aliphatic carbocycles. The highest BCUT2D eigenvalue weighted by Gasteiger charge is 2.48. The van der Waals surface area contributed by atoms with Crippen LogP contribution in [0.5, 0.6) is 5.75 Å². The Kier molecular flexibility index (Phi) is 5.26. The molecule has 3 heterocycles. The lowest BCUT2D eigenvalue weighted by Gasteiger charge is -2.26. The number of pyridine rings is 1. The number of ether oxygens (including phenoxy) is 1. The number of nitrogens with one attached hydrogen (secondary N) is 2. The molecule has 2 aliphatic heterocycles. The quantitative estimate of drug-likeness (QED) is 0.268. The first-order chi connectivity index (χ1) is 14.7. The minimum absolute atomic E-state index is 0.0146. The van der Waals surface area contributed by atoms with Crippen molar-refractivity contribution in [2.45, 2.75) is 12.1 Å². The summed E-state index contributed by atoms with van der Waals surface area (Å²) in [6.45, 7) is -0.327.